The number of hydrogen-bond donors (Lipinski definition) is 1. The number of phenols is 1. The summed E-state index contributed by atoms with van der Waals surface area (Å²) in [6.45, 7) is 9.40. The third kappa shape index (κ3) is 6.38. The number of ether oxygens (including phenoxy) is 4. The number of terminal acetylenes is 1. The van der Waals surface area contributed by atoms with Gasteiger partial charge >= 0.3 is 6.01 Å². The number of fused-ring (bicyclic) bond motifs is 5. The van der Waals surface area contributed by atoms with Crippen LogP contribution in [0.5, 0.6) is 17.6 Å². The molecule has 4 unspecified atom stereocenters. The molecular formula is C42H49F2N5O5. The second-order valence-electron chi connectivity index (χ2n) is 15.2. The van der Waals surface area contributed by atoms with Crippen LogP contribution in [0, 0.1) is 35.3 Å². The Morgan fingerprint density at radius 3 is 2.61 bits per heavy atom. The van der Waals surface area contributed by atoms with E-state index in [-0.39, 0.29) is 62.9 Å². The smallest absolute Gasteiger partial charge is 0.319 e. The van der Waals surface area contributed by atoms with Crippen molar-refractivity contribution in [3.05, 3.63) is 41.5 Å². The topological polar surface area (TPSA) is 102 Å². The summed E-state index contributed by atoms with van der Waals surface area (Å²) in [7, 11) is 1.46. The van der Waals surface area contributed by atoms with Gasteiger partial charge in [-0.3, -0.25) is 4.90 Å². The Hall–Kier alpha value is -4.31. The number of phenolic OH excluding ortho intramolecular Hbond substituents is 1. The number of aromatic nitrogens is 3. The first-order chi connectivity index (χ1) is 26.4. The van der Waals surface area contributed by atoms with Crippen molar-refractivity contribution in [3.63, 3.8) is 0 Å². The SMILES string of the molecule is C#Cc1c(F)ccc2cc(O)cc(-c3nc(OC)c4c(N5CC6CC5CO6)nc(OCC56CCCC5N(CC5CCOCC5)CCC6)nc4c3F)c12.CC. The van der Waals surface area contributed by atoms with E-state index in [0.717, 1.165) is 77.7 Å². The highest BCUT2D eigenvalue weighted by Gasteiger charge is 2.49. The number of likely N-dealkylation sites (tertiary alicyclic amines) is 1. The van der Waals surface area contributed by atoms with Gasteiger partial charge in [-0.1, -0.05) is 32.3 Å². The van der Waals surface area contributed by atoms with Crippen LogP contribution in [0.1, 0.15) is 70.8 Å². The van der Waals surface area contributed by atoms with Gasteiger partial charge in [0, 0.05) is 48.7 Å². The van der Waals surface area contributed by atoms with E-state index in [4.69, 9.17) is 35.3 Å². The molecule has 5 aliphatic rings. The van der Waals surface area contributed by atoms with E-state index in [1.165, 1.54) is 31.4 Å². The van der Waals surface area contributed by atoms with Gasteiger partial charge in [0.05, 0.1) is 38.0 Å². The second-order valence-corrected chi connectivity index (χ2v) is 15.2. The van der Waals surface area contributed by atoms with Gasteiger partial charge in [-0.2, -0.15) is 9.97 Å². The Kier molecular flexibility index (Phi) is 10.2. The number of pyridine rings is 1. The Bertz CT molecular complexity index is 2090. The van der Waals surface area contributed by atoms with Crippen LogP contribution >= 0.6 is 0 Å². The normalized spacial score (nSPS) is 25.4. The largest absolute Gasteiger partial charge is 0.508 e. The lowest BCUT2D eigenvalue weighted by Gasteiger charge is -2.47. The quantitative estimate of drug-likeness (QED) is 0.186. The third-order valence-corrected chi connectivity index (χ3v) is 12.3. The van der Waals surface area contributed by atoms with Crippen molar-refractivity contribution in [1.29, 1.82) is 0 Å². The van der Waals surface area contributed by atoms with Crippen LogP contribution in [0.15, 0.2) is 24.3 Å². The number of halogens is 2. The van der Waals surface area contributed by atoms with Crippen LogP contribution < -0.4 is 14.4 Å². The zero-order valence-corrected chi connectivity index (χ0v) is 31.4. The molecule has 1 N–H and O–H groups in total. The molecule has 0 amide bonds. The lowest BCUT2D eigenvalue weighted by Crippen LogP contribution is -2.53. The van der Waals surface area contributed by atoms with Crippen molar-refractivity contribution in [2.24, 2.45) is 11.3 Å². The molecule has 54 heavy (non-hydrogen) atoms. The Labute approximate surface area is 315 Å². The molecule has 0 spiro atoms. The summed E-state index contributed by atoms with van der Waals surface area (Å²) in [5.74, 6) is 2.06. The fraction of sp³-hybridized carbons (Fsp3) is 0.548. The molecular weight excluding hydrogens is 692 g/mol. The summed E-state index contributed by atoms with van der Waals surface area (Å²) >= 11 is 0. The number of hydrogen-bond acceptors (Lipinski definition) is 10. The predicted octanol–water partition coefficient (Wildman–Crippen LogP) is 7.26. The summed E-state index contributed by atoms with van der Waals surface area (Å²) < 4.78 is 56.3. The first kappa shape index (κ1) is 36.7. The van der Waals surface area contributed by atoms with Crippen LogP contribution in [-0.4, -0.2) is 96.3 Å². The molecule has 4 atom stereocenters. The highest BCUT2D eigenvalue weighted by Crippen LogP contribution is 2.49. The molecule has 4 aliphatic heterocycles. The first-order valence-corrected chi connectivity index (χ1v) is 19.6. The summed E-state index contributed by atoms with van der Waals surface area (Å²) in [6, 6.07) is 6.06. The lowest BCUT2D eigenvalue weighted by atomic mass is 9.75. The number of aromatic hydroxyl groups is 1. The van der Waals surface area contributed by atoms with Crippen molar-refractivity contribution in [1.82, 2.24) is 19.9 Å². The molecule has 9 rings (SSSR count). The molecule has 2 aromatic carbocycles. The lowest BCUT2D eigenvalue weighted by molar-refractivity contribution is -0.0203. The van der Waals surface area contributed by atoms with Crippen LogP contribution in [0.25, 0.3) is 32.9 Å². The number of nitrogens with zero attached hydrogens (tertiary/aromatic N) is 5. The molecule has 6 heterocycles. The standard InChI is InChI=1S/C40H43F2N5O5.C2H6/c1-3-28-30(41)8-7-24-16-26(48)18-29(32(24)28)35-34(42)36-33(38(43-35)49-2)37(47-20-27-17-25(47)21-51-27)45-39(44-36)52-22-40-11-4-6-31(40)46(13-5-12-40)19-23-9-14-50-15-10-23;1-2/h1,7-8,16,18,23,25,27,31,48H,4-6,9-15,17,19-22H2,2H3;1-2H3. The minimum Gasteiger partial charge on any atom is -0.508 e. The number of methoxy groups -OCH3 is 1. The van der Waals surface area contributed by atoms with Gasteiger partial charge in [-0.05, 0) is 81.0 Å². The third-order valence-electron chi connectivity index (χ3n) is 12.3. The van der Waals surface area contributed by atoms with E-state index < -0.39 is 11.6 Å². The maximum atomic E-state index is 17.2. The average Bonchev–Trinajstić information content (AvgIpc) is 3.96. The van der Waals surface area contributed by atoms with Gasteiger partial charge in [0.15, 0.2) is 5.82 Å². The Balaban J connectivity index is 0.00000203. The van der Waals surface area contributed by atoms with Crippen molar-refractivity contribution in [3.8, 4) is 41.2 Å². The maximum Gasteiger partial charge on any atom is 0.319 e. The van der Waals surface area contributed by atoms with Gasteiger partial charge in [0.2, 0.25) is 5.88 Å². The van der Waals surface area contributed by atoms with E-state index in [2.05, 4.69) is 20.7 Å². The molecule has 4 aromatic rings. The van der Waals surface area contributed by atoms with Crippen molar-refractivity contribution in [2.75, 3.05) is 58.1 Å². The molecule has 0 radical (unpaired) electrons. The van der Waals surface area contributed by atoms with Crippen LogP contribution in [0.3, 0.4) is 0 Å². The maximum absolute atomic E-state index is 17.2. The van der Waals surface area contributed by atoms with E-state index in [1.807, 2.05) is 13.8 Å². The molecule has 286 valence electrons. The monoisotopic (exact) mass is 741 g/mol. The molecule has 1 saturated carbocycles. The first-order valence-electron chi connectivity index (χ1n) is 19.6. The number of morpholine rings is 1. The summed E-state index contributed by atoms with van der Waals surface area (Å²) in [5.41, 5.74) is -0.197. The Morgan fingerprint density at radius 1 is 1.06 bits per heavy atom. The minimum absolute atomic E-state index is 0.0362. The van der Waals surface area contributed by atoms with Crippen LogP contribution in [0.2, 0.25) is 0 Å². The fourth-order valence-corrected chi connectivity index (χ4v) is 9.81. The molecule has 2 bridgehead atoms. The molecule has 1 aliphatic carbocycles. The molecule has 10 nitrogen and oxygen atoms in total. The molecule has 5 fully saturated rings. The number of anilines is 1. The second kappa shape index (κ2) is 15.1. The van der Waals surface area contributed by atoms with Gasteiger partial charge in [-0.15, -0.1) is 6.42 Å². The van der Waals surface area contributed by atoms with Gasteiger partial charge in [-0.25, -0.2) is 13.8 Å². The number of benzene rings is 2. The Morgan fingerprint density at radius 2 is 1.87 bits per heavy atom. The fourth-order valence-electron chi connectivity index (χ4n) is 9.81. The van der Waals surface area contributed by atoms with Crippen molar-refractivity contribution in [2.45, 2.75) is 83.4 Å². The molecule has 2 aromatic heterocycles. The average molecular weight is 742 g/mol. The highest BCUT2D eigenvalue weighted by molar-refractivity contribution is 6.04. The zero-order valence-electron chi connectivity index (χ0n) is 31.4. The zero-order chi connectivity index (χ0) is 37.6. The van der Waals surface area contributed by atoms with E-state index in [9.17, 15) is 5.11 Å². The van der Waals surface area contributed by atoms with Gasteiger partial charge < -0.3 is 29.0 Å². The number of rotatable bonds is 8. The van der Waals surface area contributed by atoms with E-state index in [0.29, 0.717) is 48.3 Å². The van der Waals surface area contributed by atoms with E-state index in [1.54, 1.807) is 0 Å². The summed E-state index contributed by atoms with van der Waals surface area (Å²) in [4.78, 5) is 19.2. The predicted molar refractivity (Wildman–Crippen MR) is 203 cm³/mol. The van der Waals surface area contributed by atoms with Crippen LogP contribution in [0.4, 0.5) is 14.6 Å². The summed E-state index contributed by atoms with van der Waals surface area (Å²) in [5, 5.41) is 11.7. The van der Waals surface area contributed by atoms with Crippen molar-refractivity contribution < 1.29 is 32.8 Å². The number of piperidine rings is 1. The minimum atomic E-state index is -0.777. The molecule has 12 heteroatoms. The van der Waals surface area contributed by atoms with Crippen molar-refractivity contribution >= 4 is 27.5 Å². The molecule has 4 saturated heterocycles. The van der Waals surface area contributed by atoms with Gasteiger partial charge in [0.1, 0.15) is 34.0 Å². The van der Waals surface area contributed by atoms with Gasteiger partial charge in [0.25, 0.3) is 0 Å². The van der Waals surface area contributed by atoms with E-state index >= 15 is 8.78 Å². The van der Waals surface area contributed by atoms with Crippen LogP contribution in [-0.2, 0) is 9.47 Å². The summed E-state index contributed by atoms with van der Waals surface area (Å²) in [6.07, 6.45) is 14.3. The highest BCUT2D eigenvalue weighted by atomic mass is 19.1.